The first kappa shape index (κ1) is 18.5. The zero-order valence-electron chi connectivity index (χ0n) is 13.4. The van der Waals surface area contributed by atoms with E-state index in [0.717, 1.165) is 17.9 Å². The fourth-order valence-electron chi connectivity index (χ4n) is 2.48. The highest BCUT2D eigenvalue weighted by atomic mass is 32.2. The van der Waals surface area contributed by atoms with Gasteiger partial charge in [0.15, 0.2) is 5.78 Å². The number of aliphatic imine (C=N–C) groups is 1. The van der Waals surface area contributed by atoms with Crippen molar-refractivity contribution < 1.29 is 9.59 Å². The van der Waals surface area contributed by atoms with Crippen LogP contribution in [0.4, 0.5) is 0 Å². The molecule has 1 amide bonds. The maximum atomic E-state index is 11.8. The van der Waals surface area contributed by atoms with E-state index in [0.29, 0.717) is 16.6 Å². The van der Waals surface area contributed by atoms with Gasteiger partial charge in [0.25, 0.3) is 0 Å². The third kappa shape index (κ3) is 6.93. The van der Waals surface area contributed by atoms with Gasteiger partial charge in [-0.3, -0.25) is 14.6 Å². The summed E-state index contributed by atoms with van der Waals surface area (Å²) in [5.74, 6) is -0.229. The van der Waals surface area contributed by atoms with Crippen molar-refractivity contribution >= 4 is 28.5 Å². The van der Waals surface area contributed by atoms with Crippen LogP contribution >= 0.6 is 11.8 Å². The molecule has 22 heavy (non-hydrogen) atoms. The number of ketones is 1. The van der Waals surface area contributed by atoms with E-state index < -0.39 is 0 Å². The van der Waals surface area contributed by atoms with E-state index in [4.69, 9.17) is 5.73 Å². The molecule has 122 valence electrons. The lowest BCUT2D eigenvalue weighted by Gasteiger charge is -2.23. The second-order valence-corrected chi connectivity index (χ2v) is 6.62. The normalized spacial score (nSPS) is 17.2. The standard InChI is InChI=1S/C16H25N3O2S/c1-11(17)9-14(20)10-15(21)19-12(2)22-16(18-3)13-7-5-4-6-8-13/h9,13H,2,4-8,10,17H2,1,3H3,(H,19,21). The molecular weight excluding hydrogens is 298 g/mol. The summed E-state index contributed by atoms with van der Waals surface area (Å²) in [7, 11) is 1.77. The molecule has 1 aliphatic carbocycles. The van der Waals surface area contributed by atoms with Crippen LogP contribution in [0.3, 0.4) is 0 Å². The Bertz CT molecular complexity index is 488. The van der Waals surface area contributed by atoms with Gasteiger partial charge in [-0.2, -0.15) is 0 Å². The molecule has 0 aromatic carbocycles. The minimum absolute atomic E-state index is 0.226. The fourth-order valence-corrected chi connectivity index (χ4v) is 3.39. The topological polar surface area (TPSA) is 84.5 Å². The third-order valence-corrected chi connectivity index (χ3v) is 4.48. The quantitative estimate of drug-likeness (QED) is 0.341. The van der Waals surface area contributed by atoms with E-state index in [1.165, 1.54) is 37.1 Å². The number of nitrogens with one attached hydrogen (secondary N) is 1. The molecule has 0 spiro atoms. The second-order valence-electron chi connectivity index (χ2n) is 5.50. The highest BCUT2D eigenvalue weighted by molar-refractivity contribution is 8.17. The molecule has 1 aliphatic rings. The van der Waals surface area contributed by atoms with Crippen molar-refractivity contribution in [3.8, 4) is 0 Å². The number of nitrogens with zero attached hydrogens (tertiary/aromatic N) is 1. The number of amides is 1. The first-order valence-electron chi connectivity index (χ1n) is 7.52. The molecule has 5 nitrogen and oxygen atoms in total. The van der Waals surface area contributed by atoms with Crippen molar-refractivity contribution in [2.45, 2.75) is 45.4 Å². The van der Waals surface area contributed by atoms with Crippen LogP contribution in [0.2, 0.25) is 0 Å². The summed E-state index contributed by atoms with van der Waals surface area (Å²) in [6.07, 6.45) is 7.04. The van der Waals surface area contributed by atoms with Crippen LogP contribution in [-0.4, -0.2) is 23.8 Å². The van der Waals surface area contributed by atoms with Crippen LogP contribution in [-0.2, 0) is 9.59 Å². The van der Waals surface area contributed by atoms with Crippen LogP contribution in [0, 0.1) is 5.92 Å². The SMILES string of the molecule is C=C(NC(=O)CC(=O)C=C(C)N)SC(=NC)C1CCCCC1. The molecule has 0 unspecified atom stereocenters. The molecule has 0 bridgehead atoms. The molecule has 0 atom stereocenters. The number of allylic oxidation sites excluding steroid dienone is 2. The number of thioether (sulfide) groups is 1. The van der Waals surface area contributed by atoms with Gasteiger partial charge in [-0.05, 0) is 19.8 Å². The smallest absolute Gasteiger partial charge is 0.232 e. The van der Waals surface area contributed by atoms with E-state index >= 15 is 0 Å². The Kier molecular flexibility index (Phi) is 7.95. The molecule has 6 heteroatoms. The van der Waals surface area contributed by atoms with Crippen LogP contribution in [0.15, 0.2) is 28.4 Å². The average Bonchev–Trinajstić information content (AvgIpc) is 2.44. The largest absolute Gasteiger partial charge is 0.402 e. The lowest BCUT2D eigenvalue weighted by molar-refractivity contribution is -0.125. The van der Waals surface area contributed by atoms with Gasteiger partial charge in [0.1, 0.15) is 0 Å². The third-order valence-electron chi connectivity index (χ3n) is 3.40. The van der Waals surface area contributed by atoms with E-state index in [1.807, 2.05) is 0 Å². The van der Waals surface area contributed by atoms with Crippen molar-refractivity contribution in [1.29, 1.82) is 0 Å². The zero-order chi connectivity index (χ0) is 16.5. The lowest BCUT2D eigenvalue weighted by Crippen LogP contribution is -2.25. The van der Waals surface area contributed by atoms with E-state index in [9.17, 15) is 9.59 Å². The van der Waals surface area contributed by atoms with Gasteiger partial charge in [0.2, 0.25) is 5.91 Å². The Labute approximate surface area is 136 Å². The summed E-state index contributed by atoms with van der Waals surface area (Å²) in [6, 6.07) is 0. The number of nitrogens with two attached hydrogens (primary N) is 1. The van der Waals surface area contributed by atoms with Crippen LogP contribution < -0.4 is 11.1 Å². The summed E-state index contributed by atoms with van der Waals surface area (Å²) >= 11 is 1.39. The molecule has 0 heterocycles. The summed E-state index contributed by atoms with van der Waals surface area (Å²) in [6.45, 7) is 5.45. The highest BCUT2D eigenvalue weighted by Crippen LogP contribution is 2.30. The maximum Gasteiger partial charge on any atom is 0.232 e. The first-order chi connectivity index (χ1) is 10.4. The lowest BCUT2D eigenvalue weighted by atomic mass is 9.90. The van der Waals surface area contributed by atoms with E-state index in [2.05, 4.69) is 16.9 Å². The monoisotopic (exact) mass is 323 g/mol. The number of hydrogen-bond acceptors (Lipinski definition) is 5. The van der Waals surface area contributed by atoms with Gasteiger partial charge in [-0.25, -0.2) is 0 Å². The van der Waals surface area contributed by atoms with Crippen LogP contribution in [0.1, 0.15) is 45.4 Å². The summed E-state index contributed by atoms with van der Waals surface area (Å²) < 4.78 is 0. The fraction of sp³-hybridized carbons (Fsp3) is 0.562. The Hall–Kier alpha value is -1.56. The van der Waals surface area contributed by atoms with E-state index in [-0.39, 0.29) is 18.1 Å². The van der Waals surface area contributed by atoms with Gasteiger partial charge < -0.3 is 11.1 Å². The Morgan fingerprint density at radius 3 is 2.55 bits per heavy atom. The Morgan fingerprint density at radius 1 is 1.36 bits per heavy atom. The highest BCUT2D eigenvalue weighted by Gasteiger charge is 2.20. The summed E-state index contributed by atoms with van der Waals surface area (Å²) in [5, 5.41) is 4.17. The molecule has 0 aliphatic heterocycles. The molecule has 1 saturated carbocycles. The van der Waals surface area contributed by atoms with Crippen molar-refractivity contribution in [3.63, 3.8) is 0 Å². The van der Waals surface area contributed by atoms with Crippen molar-refractivity contribution in [2.75, 3.05) is 7.05 Å². The summed E-state index contributed by atoms with van der Waals surface area (Å²) in [4.78, 5) is 27.6. The molecule has 1 rings (SSSR count). The van der Waals surface area contributed by atoms with Crippen molar-refractivity contribution in [2.24, 2.45) is 16.6 Å². The van der Waals surface area contributed by atoms with Gasteiger partial charge in [-0.1, -0.05) is 37.6 Å². The van der Waals surface area contributed by atoms with Crippen LogP contribution in [0.5, 0.6) is 0 Å². The molecule has 0 radical (unpaired) electrons. The van der Waals surface area contributed by atoms with Crippen molar-refractivity contribution in [3.05, 3.63) is 23.4 Å². The van der Waals surface area contributed by atoms with Gasteiger partial charge in [0.05, 0.1) is 16.5 Å². The molecule has 0 aromatic rings. The minimum Gasteiger partial charge on any atom is -0.402 e. The molecule has 1 fully saturated rings. The molecule has 0 saturated heterocycles. The van der Waals surface area contributed by atoms with Gasteiger partial charge in [0, 0.05) is 24.7 Å². The Morgan fingerprint density at radius 2 is 2.00 bits per heavy atom. The average molecular weight is 323 g/mol. The van der Waals surface area contributed by atoms with Crippen molar-refractivity contribution in [1.82, 2.24) is 5.32 Å². The number of hydrogen-bond donors (Lipinski definition) is 2. The number of rotatable bonds is 6. The molecular formula is C16H25N3O2S. The molecule has 0 aromatic heterocycles. The number of carbonyl (C=O) groups excluding carboxylic acids is 2. The second kappa shape index (κ2) is 9.46. The van der Waals surface area contributed by atoms with E-state index in [1.54, 1.807) is 14.0 Å². The zero-order valence-corrected chi connectivity index (χ0v) is 14.2. The predicted octanol–water partition coefficient (Wildman–Crippen LogP) is 2.74. The summed E-state index contributed by atoms with van der Waals surface area (Å²) in [5.41, 5.74) is 5.80. The van der Waals surface area contributed by atoms with Gasteiger partial charge >= 0.3 is 0 Å². The van der Waals surface area contributed by atoms with Crippen LogP contribution in [0.25, 0.3) is 0 Å². The Balaban J connectivity index is 2.45. The predicted molar refractivity (Wildman–Crippen MR) is 92.4 cm³/mol. The minimum atomic E-state index is -0.376. The maximum absolute atomic E-state index is 11.8. The van der Waals surface area contributed by atoms with Gasteiger partial charge in [-0.15, -0.1) is 0 Å². The number of carbonyl (C=O) groups is 2. The molecule has 3 N–H and O–H groups in total. The first-order valence-corrected chi connectivity index (χ1v) is 8.34.